The van der Waals surface area contributed by atoms with Gasteiger partial charge in [0.2, 0.25) is 11.8 Å². The number of allylic oxidation sites excluding steroid dienone is 2. The summed E-state index contributed by atoms with van der Waals surface area (Å²) < 4.78 is 5.93. The summed E-state index contributed by atoms with van der Waals surface area (Å²) in [5.74, 6) is -0.188. The molecule has 3 aliphatic rings. The Bertz CT molecular complexity index is 1090. The van der Waals surface area contributed by atoms with Crippen LogP contribution in [0.15, 0.2) is 66.9 Å². The first-order chi connectivity index (χ1) is 18.1. The van der Waals surface area contributed by atoms with Crippen LogP contribution in [0.2, 0.25) is 0 Å². The third kappa shape index (κ3) is 6.07. The van der Waals surface area contributed by atoms with Gasteiger partial charge < -0.3 is 9.64 Å². The number of fused-ring (bicyclic) bond motifs is 1. The van der Waals surface area contributed by atoms with Gasteiger partial charge in [0.05, 0.1) is 18.4 Å². The predicted molar refractivity (Wildman–Crippen MR) is 140 cm³/mol. The summed E-state index contributed by atoms with van der Waals surface area (Å²) in [4.78, 5) is 49.3. The van der Waals surface area contributed by atoms with Crippen LogP contribution in [-0.2, 0) is 25.5 Å². The molecule has 2 amide bonds. The van der Waals surface area contributed by atoms with Crippen LogP contribution in [0.1, 0.15) is 24.8 Å². The zero-order valence-electron chi connectivity index (χ0n) is 21.1. The fourth-order valence-corrected chi connectivity index (χ4v) is 5.51. The van der Waals surface area contributed by atoms with E-state index in [-0.39, 0.29) is 42.6 Å². The maximum Gasteiger partial charge on any atom is 0.306 e. The number of carbonyl (C=O) groups is 3. The molecule has 0 radical (unpaired) electrons. The summed E-state index contributed by atoms with van der Waals surface area (Å²) in [5.41, 5.74) is 1.07. The molecule has 0 saturated carbocycles. The van der Waals surface area contributed by atoms with Crippen LogP contribution >= 0.6 is 0 Å². The Balaban J connectivity index is 1.22. The van der Waals surface area contributed by atoms with Gasteiger partial charge in [-0.25, -0.2) is 4.98 Å². The highest BCUT2D eigenvalue weighted by Gasteiger charge is 2.48. The second-order valence-electron chi connectivity index (χ2n) is 10.0. The first-order valence-corrected chi connectivity index (χ1v) is 13.2. The number of pyridine rings is 1. The molecule has 2 saturated heterocycles. The molecule has 0 bridgehead atoms. The number of aromatic nitrogens is 1. The number of imide groups is 1. The number of anilines is 1. The van der Waals surface area contributed by atoms with Crippen LogP contribution < -0.4 is 4.90 Å². The van der Waals surface area contributed by atoms with Crippen molar-refractivity contribution in [1.82, 2.24) is 14.8 Å². The Kier molecular flexibility index (Phi) is 7.94. The number of hydrogen-bond donors (Lipinski definition) is 0. The molecule has 0 spiro atoms. The number of likely N-dealkylation sites (tertiary alicyclic amines) is 1. The van der Waals surface area contributed by atoms with E-state index < -0.39 is 6.10 Å². The second kappa shape index (κ2) is 11.7. The van der Waals surface area contributed by atoms with Gasteiger partial charge in [-0.3, -0.25) is 24.2 Å². The van der Waals surface area contributed by atoms with E-state index in [1.54, 1.807) is 6.20 Å². The molecule has 37 heavy (non-hydrogen) atoms. The molecule has 3 atom stereocenters. The molecular formula is C29H34N4O4. The SMILES string of the molecule is O=C(CCc1ccccc1)OC(CN1CCN(c2ccccn2)CC1)CN1C(=O)[C@H]2CC=CC[C@H]2C1=O. The first kappa shape index (κ1) is 25.1. The van der Waals surface area contributed by atoms with Crippen LogP contribution in [0.3, 0.4) is 0 Å². The van der Waals surface area contributed by atoms with Crippen molar-refractivity contribution in [3.8, 4) is 0 Å². The zero-order chi connectivity index (χ0) is 25.6. The average Bonchev–Trinajstić information content (AvgIpc) is 3.18. The molecule has 2 aliphatic heterocycles. The summed E-state index contributed by atoms with van der Waals surface area (Å²) in [6.07, 6.45) is 7.24. The van der Waals surface area contributed by atoms with E-state index in [0.29, 0.717) is 25.8 Å². The van der Waals surface area contributed by atoms with Crippen LogP contribution in [0.5, 0.6) is 0 Å². The number of piperazine rings is 1. The van der Waals surface area contributed by atoms with E-state index in [4.69, 9.17) is 4.74 Å². The molecule has 2 aromatic rings. The van der Waals surface area contributed by atoms with Crippen molar-refractivity contribution in [2.45, 2.75) is 31.8 Å². The molecule has 8 nitrogen and oxygen atoms in total. The number of esters is 1. The monoisotopic (exact) mass is 502 g/mol. The number of rotatable bonds is 9. The van der Waals surface area contributed by atoms with E-state index in [1.807, 2.05) is 60.7 Å². The molecule has 3 heterocycles. The van der Waals surface area contributed by atoms with Gasteiger partial charge in [-0.15, -0.1) is 0 Å². The highest BCUT2D eigenvalue weighted by molar-refractivity contribution is 6.05. The standard InChI is InChI=1S/C29H34N4O4/c34-27(14-13-22-8-2-1-3-9-22)37-23(21-33-28(35)24-10-4-5-11-25(24)29(33)36)20-31-16-18-32(19-17-31)26-12-6-7-15-30-26/h1-9,12,15,23-25H,10-11,13-14,16-21H2/t23?,24-,25+. The van der Waals surface area contributed by atoms with Crippen molar-refractivity contribution < 1.29 is 19.1 Å². The van der Waals surface area contributed by atoms with Crippen LogP contribution in [0, 0.1) is 11.8 Å². The van der Waals surface area contributed by atoms with Crippen molar-refractivity contribution in [2.75, 3.05) is 44.2 Å². The Morgan fingerprint density at radius 1 is 0.892 bits per heavy atom. The lowest BCUT2D eigenvalue weighted by molar-refractivity contribution is -0.155. The number of hydrogen-bond acceptors (Lipinski definition) is 7. The van der Waals surface area contributed by atoms with Gasteiger partial charge >= 0.3 is 5.97 Å². The Morgan fingerprint density at radius 3 is 2.22 bits per heavy atom. The fourth-order valence-electron chi connectivity index (χ4n) is 5.51. The normalized spacial score (nSPS) is 22.7. The molecule has 194 valence electrons. The van der Waals surface area contributed by atoms with E-state index in [2.05, 4.69) is 14.8 Å². The van der Waals surface area contributed by atoms with Gasteiger partial charge in [-0.2, -0.15) is 0 Å². The van der Waals surface area contributed by atoms with Gasteiger partial charge in [0.1, 0.15) is 11.9 Å². The third-order valence-electron chi connectivity index (χ3n) is 7.55. The van der Waals surface area contributed by atoms with Gasteiger partial charge in [0.15, 0.2) is 0 Å². The van der Waals surface area contributed by atoms with Crippen molar-refractivity contribution in [3.05, 3.63) is 72.4 Å². The van der Waals surface area contributed by atoms with Gasteiger partial charge in [-0.1, -0.05) is 48.6 Å². The molecule has 2 fully saturated rings. The first-order valence-electron chi connectivity index (χ1n) is 13.2. The smallest absolute Gasteiger partial charge is 0.306 e. The second-order valence-corrected chi connectivity index (χ2v) is 10.0. The highest BCUT2D eigenvalue weighted by Crippen LogP contribution is 2.35. The van der Waals surface area contributed by atoms with Crippen LogP contribution in [-0.4, -0.2) is 77.9 Å². The molecule has 1 aromatic heterocycles. The summed E-state index contributed by atoms with van der Waals surface area (Å²) in [7, 11) is 0. The van der Waals surface area contributed by atoms with Gasteiger partial charge in [0.25, 0.3) is 0 Å². The van der Waals surface area contributed by atoms with Gasteiger partial charge in [-0.05, 0) is 37.0 Å². The maximum absolute atomic E-state index is 13.1. The lowest BCUT2D eigenvalue weighted by Gasteiger charge is -2.37. The third-order valence-corrected chi connectivity index (χ3v) is 7.55. The summed E-state index contributed by atoms with van der Waals surface area (Å²) in [6.45, 7) is 3.78. The number of ether oxygens (including phenoxy) is 1. The van der Waals surface area contributed by atoms with Crippen molar-refractivity contribution in [3.63, 3.8) is 0 Å². The lowest BCUT2D eigenvalue weighted by Crippen LogP contribution is -2.51. The lowest BCUT2D eigenvalue weighted by atomic mass is 9.85. The Labute approximate surface area is 217 Å². The molecular weight excluding hydrogens is 468 g/mol. The number of carbonyl (C=O) groups excluding carboxylic acids is 3. The minimum Gasteiger partial charge on any atom is -0.459 e. The predicted octanol–water partition coefficient (Wildman–Crippen LogP) is 2.70. The number of benzene rings is 1. The number of aryl methyl sites for hydroxylation is 1. The van der Waals surface area contributed by atoms with Crippen LogP contribution in [0.4, 0.5) is 5.82 Å². The topological polar surface area (TPSA) is 83.1 Å². The fraction of sp³-hybridized carbons (Fsp3) is 0.448. The van der Waals surface area contributed by atoms with E-state index >= 15 is 0 Å². The highest BCUT2D eigenvalue weighted by atomic mass is 16.5. The summed E-state index contributed by atoms with van der Waals surface area (Å²) in [6, 6.07) is 15.7. The minimum atomic E-state index is -0.564. The van der Waals surface area contributed by atoms with Crippen molar-refractivity contribution in [2.24, 2.45) is 11.8 Å². The molecule has 1 aliphatic carbocycles. The van der Waals surface area contributed by atoms with E-state index in [1.165, 1.54) is 4.90 Å². The largest absolute Gasteiger partial charge is 0.459 e. The zero-order valence-corrected chi connectivity index (χ0v) is 21.1. The van der Waals surface area contributed by atoms with Crippen LogP contribution in [0.25, 0.3) is 0 Å². The molecule has 1 aromatic carbocycles. The number of amides is 2. The van der Waals surface area contributed by atoms with E-state index in [9.17, 15) is 14.4 Å². The minimum absolute atomic E-state index is 0.113. The van der Waals surface area contributed by atoms with Crippen molar-refractivity contribution >= 4 is 23.6 Å². The van der Waals surface area contributed by atoms with E-state index in [0.717, 1.165) is 37.6 Å². The van der Waals surface area contributed by atoms with Crippen molar-refractivity contribution in [1.29, 1.82) is 0 Å². The average molecular weight is 503 g/mol. The number of nitrogens with zero attached hydrogens (tertiary/aromatic N) is 4. The maximum atomic E-state index is 13.1. The molecule has 0 N–H and O–H groups in total. The summed E-state index contributed by atoms with van der Waals surface area (Å²) in [5, 5.41) is 0. The Morgan fingerprint density at radius 2 is 1.57 bits per heavy atom. The Hall–Kier alpha value is -3.52. The summed E-state index contributed by atoms with van der Waals surface area (Å²) >= 11 is 0. The quantitative estimate of drug-likeness (QED) is 0.296. The van der Waals surface area contributed by atoms with Gasteiger partial charge in [0, 0.05) is 45.3 Å². The molecule has 8 heteroatoms. The molecule has 1 unspecified atom stereocenters. The molecule has 5 rings (SSSR count).